The van der Waals surface area contributed by atoms with Gasteiger partial charge in [0.25, 0.3) is 0 Å². The Labute approximate surface area is 183 Å². The minimum atomic E-state index is -2.93. The molecule has 4 rings (SSSR count). The number of aromatic nitrogens is 1. The molecular formula is C26H21N3OSi. The Balaban J connectivity index is 1.92. The summed E-state index contributed by atoms with van der Waals surface area (Å²) in [6.45, 7) is 1.86. The third kappa shape index (κ3) is 4.02. The van der Waals surface area contributed by atoms with Crippen molar-refractivity contribution in [3.63, 3.8) is 0 Å². The zero-order chi connectivity index (χ0) is 21.5. The molecular weight excluding hydrogens is 398 g/mol. The summed E-state index contributed by atoms with van der Waals surface area (Å²) < 4.78 is 6.60. The average Bonchev–Trinajstić information content (AvgIpc) is 2.86. The molecule has 0 bridgehead atoms. The lowest BCUT2D eigenvalue weighted by molar-refractivity contribution is 0.349. The van der Waals surface area contributed by atoms with Crippen molar-refractivity contribution in [2.75, 3.05) is 0 Å². The minimum Gasteiger partial charge on any atom is -0.438 e. The van der Waals surface area contributed by atoms with E-state index in [0.29, 0.717) is 11.3 Å². The molecule has 4 nitrogen and oxygen atoms in total. The first kappa shape index (κ1) is 20.3. The second-order valence-electron chi connectivity index (χ2n) is 7.08. The van der Waals surface area contributed by atoms with Crippen molar-refractivity contribution in [2.24, 2.45) is 5.16 Å². The molecule has 0 unspecified atom stereocenters. The van der Waals surface area contributed by atoms with Gasteiger partial charge >= 0.3 is 8.32 Å². The molecule has 0 fully saturated rings. The standard InChI is InChI=1S/C26H21N3OSi/c1-21(26-17-18-28-20-22(26)19-27)29-30-31(23-11-5-2-6-12-23,24-13-7-3-8-14-24)25-15-9-4-10-16-25/h2-18,20H,1H3. The monoisotopic (exact) mass is 419 g/mol. The molecule has 3 aromatic carbocycles. The number of hydrogen-bond acceptors (Lipinski definition) is 4. The Morgan fingerprint density at radius 1 is 0.806 bits per heavy atom. The summed E-state index contributed by atoms with van der Waals surface area (Å²) in [6.07, 6.45) is 3.20. The molecule has 0 spiro atoms. The maximum Gasteiger partial charge on any atom is 0.380 e. The molecule has 0 N–H and O–H groups in total. The van der Waals surface area contributed by atoms with Crippen molar-refractivity contribution < 1.29 is 4.53 Å². The predicted molar refractivity (Wildman–Crippen MR) is 126 cm³/mol. The third-order valence-electron chi connectivity index (χ3n) is 5.19. The van der Waals surface area contributed by atoms with E-state index in [4.69, 9.17) is 4.53 Å². The largest absolute Gasteiger partial charge is 0.438 e. The number of nitriles is 1. The molecule has 0 aliphatic heterocycles. The van der Waals surface area contributed by atoms with Crippen LogP contribution in [0.3, 0.4) is 0 Å². The van der Waals surface area contributed by atoms with Crippen molar-refractivity contribution in [1.82, 2.24) is 4.98 Å². The SMILES string of the molecule is CC(=NO[Si](c1ccccc1)(c1ccccc1)c1ccccc1)c1ccncc1C#N. The fraction of sp³-hybridized carbons (Fsp3) is 0.0385. The first-order valence-electron chi connectivity index (χ1n) is 9.99. The van der Waals surface area contributed by atoms with E-state index < -0.39 is 8.32 Å². The van der Waals surface area contributed by atoms with Gasteiger partial charge in [-0.15, -0.1) is 5.16 Å². The van der Waals surface area contributed by atoms with Crippen LogP contribution in [0.15, 0.2) is 115 Å². The maximum absolute atomic E-state index is 9.45. The van der Waals surface area contributed by atoms with Crippen molar-refractivity contribution in [3.05, 3.63) is 121 Å². The van der Waals surface area contributed by atoms with E-state index in [9.17, 15) is 5.26 Å². The number of rotatable bonds is 6. The lowest BCUT2D eigenvalue weighted by atomic mass is 10.1. The van der Waals surface area contributed by atoms with Crippen LogP contribution >= 0.6 is 0 Å². The smallest absolute Gasteiger partial charge is 0.380 e. The van der Waals surface area contributed by atoms with Gasteiger partial charge in [-0.05, 0) is 28.6 Å². The Bertz CT molecular complexity index is 1120. The quantitative estimate of drug-likeness (QED) is 0.208. The van der Waals surface area contributed by atoms with Crippen molar-refractivity contribution in [3.8, 4) is 6.07 Å². The molecule has 0 radical (unpaired) electrons. The van der Waals surface area contributed by atoms with Gasteiger partial charge < -0.3 is 4.53 Å². The molecule has 0 saturated carbocycles. The normalized spacial score (nSPS) is 11.5. The van der Waals surface area contributed by atoms with Gasteiger partial charge in [-0.25, -0.2) is 0 Å². The van der Waals surface area contributed by atoms with Crippen LogP contribution in [0.4, 0.5) is 0 Å². The predicted octanol–water partition coefficient (Wildman–Crippen LogP) is 3.36. The molecule has 0 amide bonds. The first-order valence-corrected chi connectivity index (χ1v) is 11.9. The Kier molecular flexibility index (Phi) is 6.02. The summed E-state index contributed by atoms with van der Waals surface area (Å²) in [7, 11) is -2.93. The molecule has 1 aromatic heterocycles. The Morgan fingerprint density at radius 3 is 1.74 bits per heavy atom. The highest BCUT2D eigenvalue weighted by molar-refractivity contribution is 7.07. The van der Waals surface area contributed by atoms with Crippen molar-refractivity contribution >= 4 is 29.6 Å². The van der Waals surface area contributed by atoms with Gasteiger partial charge in [-0.2, -0.15) is 5.26 Å². The van der Waals surface area contributed by atoms with E-state index in [0.717, 1.165) is 21.1 Å². The van der Waals surface area contributed by atoms with E-state index in [-0.39, 0.29) is 0 Å². The summed E-state index contributed by atoms with van der Waals surface area (Å²) in [5.41, 5.74) is 1.83. The van der Waals surface area contributed by atoms with Crippen LogP contribution in [0.1, 0.15) is 18.1 Å². The third-order valence-corrected chi connectivity index (χ3v) is 9.00. The van der Waals surface area contributed by atoms with E-state index >= 15 is 0 Å². The summed E-state index contributed by atoms with van der Waals surface area (Å²) in [5.74, 6) is 0. The number of pyridine rings is 1. The number of benzene rings is 3. The zero-order valence-electron chi connectivity index (χ0n) is 17.1. The Hall–Kier alpha value is -4.01. The molecule has 1 heterocycles. The van der Waals surface area contributed by atoms with E-state index in [2.05, 4.69) is 52.6 Å². The van der Waals surface area contributed by atoms with Crippen LogP contribution in [0.5, 0.6) is 0 Å². The van der Waals surface area contributed by atoms with Crippen LogP contribution in [0.2, 0.25) is 0 Å². The molecule has 0 aliphatic rings. The van der Waals surface area contributed by atoms with Crippen molar-refractivity contribution in [2.45, 2.75) is 6.92 Å². The molecule has 31 heavy (non-hydrogen) atoms. The minimum absolute atomic E-state index is 0.471. The summed E-state index contributed by atoms with van der Waals surface area (Å²) >= 11 is 0. The molecule has 0 atom stereocenters. The Morgan fingerprint density at radius 2 is 1.29 bits per heavy atom. The molecule has 4 aromatic rings. The van der Waals surface area contributed by atoms with Gasteiger partial charge in [0.05, 0.1) is 11.3 Å². The zero-order valence-corrected chi connectivity index (χ0v) is 18.1. The van der Waals surface area contributed by atoms with Gasteiger partial charge in [-0.3, -0.25) is 4.98 Å². The van der Waals surface area contributed by atoms with Gasteiger partial charge in [-0.1, -0.05) is 91.0 Å². The lowest BCUT2D eigenvalue weighted by Crippen LogP contribution is -2.68. The number of hydrogen-bond donors (Lipinski definition) is 0. The fourth-order valence-corrected chi connectivity index (χ4v) is 7.24. The molecule has 5 heteroatoms. The van der Waals surface area contributed by atoms with E-state index in [1.807, 2.05) is 61.5 Å². The van der Waals surface area contributed by atoms with E-state index in [1.165, 1.54) is 0 Å². The average molecular weight is 420 g/mol. The van der Waals surface area contributed by atoms with Crippen molar-refractivity contribution in [1.29, 1.82) is 5.26 Å². The molecule has 150 valence electrons. The molecule has 0 saturated heterocycles. The van der Waals surface area contributed by atoms with Crippen LogP contribution in [0, 0.1) is 11.3 Å². The topological polar surface area (TPSA) is 58.3 Å². The first-order chi connectivity index (χ1) is 15.3. The lowest BCUT2D eigenvalue weighted by Gasteiger charge is -2.30. The van der Waals surface area contributed by atoms with Gasteiger partial charge in [0.2, 0.25) is 0 Å². The second kappa shape index (κ2) is 9.20. The highest BCUT2D eigenvalue weighted by Gasteiger charge is 2.44. The summed E-state index contributed by atoms with van der Waals surface area (Å²) in [5, 5.41) is 17.3. The highest BCUT2D eigenvalue weighted by Crippen LogP contribution is 2.13. The maximum atomic E-state index is 9.45. The van der Waals surface area contributed by atoms with Crippen LogP contribution in [-0.2, 0) is 4.53 Å². The number of oxime groups is 1. The second-order valence-corrected chi connectivity index (χ2v) is 10.4. The van der Waals surface area contributed by atoms with Gasteiger partial charge in [0.15, 0.2) is 0 Å². The van der Waals surface area contributed by atoms with Crippen LogP contribution in [-0.4, -0.2) is 19.0 Å². The fourth-order valence-electron chi connectivity index (χ4n) is 3.66. The highest BCUT2D eigenvalue weighted by atomic mass is 28.4. The summed E-state index contributed by atoms with van der Waals surface area (Å²) in [4.78, 5) is 4.04. The van der Waals surface area contributed by atoms with Crippen LogP contribution < -0.4 is 15.6 Å². The van der Waals surface area contributed by atoms with Crippen LogP contribution in [0.25, 0.3) is 0 Å². The molecule has 0 aliphatic carbocycles. The van der Waals surface area contributed by atoms with Gasteiger partial charge in [0, 0.05) is 18.0 Å². The van der Waals surface area contributed by atoms with E-state index in [1.54, 1.807) is 18.5 Å². The summed E-state index contributed by atoms with van der Waals surface area (Å²) in [6, 6.07) is 34.8. The number of nitrogens with zero attached hydrogens (tertiary/aromatic N) is 3. The van der Waals surface area contributed by atoms with Gasteiger partial charge in [0.1, 0.15) is 6.07 Å².